The Balaban J connectivity index is 1.59. The topological polar surface area (TPSA) is 166 Å². The van der Waals surface area contributed by atoms with Crippen molar-refractivity contribution in [2.75, 3.05) is 16.6 Å². The van der Waals surface area contributed by atoms with Gasteiger partial charge in [0.2, 0.25) is 11.8 Å². The number of carbonyl (C=O) groups excluding carboxylic acids is 2. The molecule has 4 bridgehead atoms. The van der Waals surface area contributed by atoms with Gasteiger partial charge in [-0.1, -0.05) is 45.0 Å². The summed E-state index contributed by atoms with van der Waals surface area (Å²) in [5.41, 5.74) is 3.44. The molecule has 0 radical (unpaired) electrons. The van der Waals surface area contributed by atoms with Crippen molar-refractivity contribution in [3.05, 3.63) is 83.4 Å². The van der Waals surface area contributed by atoms with Crippen molar-refractivity contribution in [1.29, 1.82) is 0 Å². The quantitative estimate of drug-likeness (QED) is 0.240. The van der Waals surface area contributed by atoms with Crippen molar-refractivity contribution in [2.24, 2.45) is 5.41 Å². The van der Waals surface area contributed by atoms with Gasteiger partial charge >= 0.3 is 6.09 Å². The van der Waals surface area contributed by atoms with E-state index in [-0.39, 0.29) is 47.0 Å². The van der Waals surface area contributed by atoms with Crippen molar-refractivity contribution >= 4 is 33.7 Å². The fourth-order valence-corrected chi connectivity index (χ4v) is 6.55. The van der Waals surface area contributed by atoms with E-state index in [1.165, 1.54) is 30.6 Å². The molecule has 0 spiro atoms. The normalized spacial score (nSPS) is 16.0. The number of nitrogens with zero attached hydrogens (tertiary/aromatic N) is 5. The molecule has 2 aromatic heterocycles. The van der Waals surface area contributed by atoms with E-state index in [0.29, 0.717) is 23.6 Å². The number of rotatable bonds is 6. The van der Waals surface area contributed by atoms with E-state index in [1.807, 2.05) is 32.0 Å². The van der Waals surface area contributed by atoms with Crippen molar-refractivity contribution in [3.8, 4) is 17.1 Å². The molecule has 4 aromatic rings. The van der Waals surface area contributed by atoms with Crippen molar-refractivity contribution in [3.63, 3.8) is 0 Å². The van der Waals surface area contributed by atoms with Crippen LogP contribution in [0.3, 0.4) is 0 Å². The second kappa shape index (κ2) is 14.2. The molecule has 2 aromatic carbocycles. The molecule has 1 aliphatic rings. The number of anilines is 2. The van der Waals surface area contributed by atoms with Gasteiger partial charge < -0.3 is 14.4 Å². The maximum Gasteiger partial charge on any atom is 0.411 e. The minimum atomic E-state index is -4.21. The van der Waals surface area contributed by atoms with Gasteiger partial charge in [-0.25, -0.2) is 32.9 Å². The Kier molecular flexibility index (Phi) is 10.2. The number of ether oxygens (including phenoxy) is 2. The van der Waals surface area contributed by atoms with Crippen LogP contribution in [0, 0.1) is 19.3 Å². The first-order chi connectivity index (χ1) is 23.1. The Morgan fingerprint density at radius 1 is 1.06 bits per heavy atom. The molecule has 258 valence electrons. The van der Waals surface area contributed by atoms with E-state index in [1.54, 1.807) is 30.9 Å². The van der Waals surface area contributed by atoms with Crippen molar-refractivity contribution in [2.45, 2.75) is 78.5 Å². The Hall–Kier alpha value is -5.11. The van der Waals surface area contributed by atoms with Crippen LogP contribution in [0.2, 0.25) is 0 Å². The second-order valence-corrected chi connectivity index (χ2v) is 15.1. The number of aryl methyl sites for hydroxylation is 2. The van der Waals surface area contributed by atoms with E-state index < -0.39 is 28.1 Å². The molecule has 49 heavy (non-hydrogen) atoms. The standard InChI is InChI=1S/C35H41N7O6S/c1-21(2)48-34(44)38-25-17-36-29(37-18-25)19-42-26(16-35(5,6)7)20-47-30-15-28(31-22(3)10-8-11-23(31)4)39-33(40-30)41-49(45,46)27-13-9-12-24(14-27)32(42)43/h8-15,17-18,21,26H,16,19-20H2,1-7H3,(H,38,44)(H,39,40,41)/t26-/m1/s1. The van der Waals surface area contributed by atoms with E-state index in [0.717, 1.165) is 16.7 Å². The van der Waals surface area contributed by atoms with Gasteiger partial charge in [0.25, 0.3) is 15.9 Å². The molecule has 0 saturated heterocycles. The van der Waals surface area contributed by atoms with Gasteiger partial charge in [0, 0.05) is 17.2 Å². The SMILES string of the molecule is Cc1cccc(C)c1-c1cc2nc(n1)NS(=O)(=O)c1cccc(c1)C(=O)N(Cc1ncc(NC(=O)OC(C)C)cn1)[C@H](CC(C)(C)C)CO2. The van der Waals surface area contributed by atoms with Crippen molar-refractivity contribution < 1.29 is 27.5 Å². The first-order valence-corrected chi connectivity index (χ1v) is 17.4. The molecule has 14 heteroatoms. The summed E-state index contributed by atoms with van der Waals surface area (Å²) in [4.78, 5) is 45.7. The highest BCUT2D eigenvalue weighted by Crippen LogP contribution is 2.31. The van der Waals surface area contributed by atoms with Crippen LogP contribution in [0.1, 0.15) is 68.3 Å². The van der Waals surface area contributed by atoms with Gasteiger partial charge in [0.15, 0.2) is 0 Å². The largest absolute Gasteiger partial charge is 0.475 e. The van der Waals surface area contributed by atoms with Crippen LogP contribution < -0.4 is 14.8 Å². The Labute approximate surface area is 286 Å². The Morgan fingerprint density at radius 2 is 1.73 bits per heavy atom. The summed E-state index contributed by atoms with van der Waals surface area (Å²) in [5.74, 6) is -0.154. The number of fused-ring (bicyclic) bond motifs is 4. The smallest absolute Gasteiger partial charge is 0.411 e. The van der Waals surface area contributed by atoms with Crippen molar-refractivity contribution in [1.82, 2.24) is 24.8 Å². The molecule has 1 atom stereocenters. The summed E-state index contributed by atoms with van der Waals surface area (Å²) in [5, 5.41) is 2.58. The molecule has 2 N–H and O–H groups in total. The molecule has 0 fully saturated rings. The molecule has 0 unspecified atom stereocenters. The van der Waals surface area contributed by atoms with E-state index in [9.17, 15) is 18.0 Å². The lowest BCUT2D eigenvalue weighted by atomic mass is 9.87. The number of sulfonamides is 1. The lowest BCUT2D eigenvalue weighted by Crippen LogP contribution is -2.45. The monoisotopic (exact) mass is 687 g/mol. The summed E-state index contributed by atoms with van der Waals surface area (Å²) in [7, 11) is -4.21. The molecular formula is C35H41N7O6S. The van der Waals surface area contributed by atoms with Gasteiger partial charge in [0.05, 0.1) is 47.4 Å². The first-order valence-electron chi connectivity index (χ1n) is 15.9. The summed E-state index contributed by atoms with van der Waals surface area (Å²) in [6, 6.07) is 12.8. The van der Waals surface area contributed by atoms with E-state index >= 15 is 0 Å². The average Bonchev–Trinajstić information content (AvgIpc) is 3.01. The summed E-state index contributed by atoms with van der Waals surface area (Å²) in [6.07, 6.45) is 2.43. The number of nitrogens with one attached hydrogen (secondary N) is 2. The highest BCUT2D eigenvalue weighted by atomic mass is 32.2. The molecule has 0 saturated carbocycles. The predicted octanol–water partition coefficient (Wildman–Crippen LogP) is 6.15. The zero-order valence-electron chi connectivity index (χ0n) is 28.6. The fraction of sp³-hybridized carbons (Fsp3) is 0.371. The van der Waals surface area contributed by atoms with Gasteiger partial charge in [-0.2, -0.15) is 4.98 Å². The minimum Gasteiger partial charge on any atom is -0.475 e. The maximum atomic E-state index is 14.3. The van der Waals surface area contributed by atoms with E-state index in [2.05, 4.69) is 50.7 Å². The molecule has 0 aliphatic carbocycles. The molecule has 13 nitrogen and oxygen atoms in total. The van der Waals surface area contributed by atoms with Gasteiger partial charge in [-0.05, 0) is 68.9 Å². The molecule has 5 rings (SSSR count). The minimum absolute atomic E-state index is 0.0266. The lowest BCUT2D eigenvalue weighted by Gasteiger charge is -2.35. The Morgan fingerprint density at radius 3 is 2.39 bits per heavy atom. The number of hydrogen-bond donors (Lipinski definition) is 2. The van der Waals surface area contributed by atoms with Gasteiger partial charge in [-0.15, -0.1) is 0 Å². The highest BCUT2D eigenvalue weighted by molar-refractivity contribution is 7.92. The molecular weight excluding hydrogens is 646 g/mol. The number of amides is 2. The van der Waals surface area contributed by atoms with Crippen LogP contribution >= 0.6 is 0 Å². The third-order valence-electron chi connectivity index (χ3n) is 7.64. The molecule has 1 aliphatic heterocycles. The highest BCUT2D eigenvalue weighted by Gasteiger charge is 2.32. The lowest BCUT2D eigenvalue weighted by molar-refractivity contribution is 0.0505. The summed E-state index contributed by atoms with van der Waals surface area (Å²) < 4.78 is 41.2. The summed E-state index contributed by atoms with van der Waals surface area (Å²) in [6.45, 7) is 13.6. The van der Waals surface area contributed by atoms with Crippen LogP contribution in [0.5, 0.6) is 5.88 Å². The third-order valence-corrected chi connectivity index (χ3v) is 8.96. The zero-order chi connectivity index (χ0) is 35.5. The molecule has 3 heterocycles. The van der Waals surface area contributed by atoms with E-state index in [4.69, 9.17) is 9.47 Å². The average molecular weight is 688 g/mol. The van der Waals surface area contributed by atoms with Crippen LogP contribution in [-0.4, -0.2) is 64.0 Å². The maximum absolute atomic E-state index is 14.3. The van der Waals surface area contributed by atoms with Crippen LogP contribution in [0.15, 0.2) is 65.8 Å². The molecule has 2 amide bonds. The zero-order valence-corrected chi connectivity index (χ0v) is 29.5. The van der Waals surface area contributed by atoms with Crippen LogP contribution in [-0.2, 0) is 21.3 Å². The van der Waals surface area contributed by atoms with Crippen LogP contribution in [0.25, 0.3) is 11.3 Å². The van der Waals surface area contributed by atoms with Gasteiger partial charge in [-0.3, -0.25) is 10.1 Å². The van der Waals surface area contributed by atoms with Gasteiger partial charge in [0.1, 0.15) is 12.4 Å². The number of hydrogen-bond acceptors (Lipinski definition) is 10. The fourth-order valence-electron chi connectivity index (χ4n) is 5.56. The summed E-state index contributed by atoms with van der Waals surface area (Å²) >= 11 is 0. The number of carbonyl (C=O) groups is 2. The first kappa shape index (κ1) is 35.2. The van der Waals surface area contributed by atoms with Crippen LogP contribution in [0.4, 0.5) is 16.4 Å². The number of benzene rings is 2. The second-order valence-electron chi connectivity index (χ2n) is 13.4. The Bertz CT molecular complexity index is 1940. The number of aromatic nitrogens is 4. The third kappa shape index (κ3) is 8.87. The predicted molar refractivity (Wildman–Crippen MR) is 185 cm³/mol.